The Hall–Kier alpha value is -3.16. The van der Waals surface area contributed by atoms with Crippen LogP contribution < -0.4 is 15.0 Å². The average molecular weight is 381 g/mol. The molecule has 0 aliphatic carbocycles. The normalized spacial score (nSPS) is 21.9. The zero-order valence-electron chi connectivity index (χ0n) is 15.4. The minimum absolute atomic E-state index is 0.0383. The fraction of sp³-hybridized carbons (Fsp3) is 0.350. The lowest BCUT2D eigenvalue weighted by atomic mass is 10.0. The number of ether oxygens (including phenoxy) is 1. The molecule has 1 N–H and O–H groups in total. The number of nitrogens with zero attached hydrogens (tertiary/aromatic N) is 4. The van der Waals surface area contributed by atoms with Crippen molar-refractivity contribution in [3.05, 3.63) is 48.0 Å². The molecule has 2 aliphatic heterocycles. The van der Waals surface area contributed by atoms with Gasteiger partial charge in [-0.1, -0.05) is 0 Å². The molecule has 0 radical (unpaired) electrons. The molecule has 5 rings (SSSR count). The minimum atomic E-state index is -0.359. The number of anilines is 2. The zero-order valence-corrected chi connectivity index (χ0v) is 15.4. The van der Waals surface area contributed by atoms with Gasteiger partial charge in [-0.15, -0.1) is 0 Å². The van der Waals surface area contributed by atoms with Gasteiger partial charge in [-0.25, -0.2) is 13.9 Å². The summed E-state index contributed by atoms with van der Waals surface area (Å²) in [6.45, 7) is 2.65. The van der Waals surface area contributed by atoms with Crippen molar-refractivity contribution in [2.24, 2.45) is 0 Å². The third-order valence-electron chi connectivity index (χ3n) is 5.31. The molecule has 7 nitrogen and oxygen atoms in total. The second-order valence-electron chi connectivity index (χ2n) is 7.33. The molecule has 1 fully saturated rings. The number of halogens is 1. The Balaban J connectivity index is 1.68. The van der Waals surface area contributed by atoms with E-state index in [1.807, 2.05) is 19.2 Å². The number of nitrogens with one attached hydrogen (secondary N) is 1. The van der Waals surface area contributed by atoms with Crippen molar-refractivity contribution in [2.75, 3.05) is 16.8 Å². The van der Waals surface area contributed by atoms with Crippen LogP contribution in [0.5, 0.6) is 5.75 Å². The topological polar surface area (TPSA) is 71.8 Å². The number of benzene rings is 1. The van der Waals surface area contributed by atoms with Crippen molar-refractivity contribution in [3.63, 3.8) is 0 Å². The highest BCUT2D eigenvalue weighted by atomic mass is 19.1. The molecular weight excluding hydrogens is 361 g/mol. The minimum Gasteiger partial charge on any atom is -0.490 e. The predicted molar refractivity (Wildman–Crippen MR) is 102 cm³/mol. The Morgan fingerprint density at radius 1 is 1.32 bits per heavy atom. The monoisotopic (exact) mass is 381 g/mol. The van der Waals surface area contributed by atoms with Crippen molar-refractivity contribution in [1.29, 1.82) is 0 Å². The Morgan fingerprint density at radius 2 is 2.21 bits per heavy atom. The highest BCUT2D eigenvalue weighted by molar-refractivity contribution is 5.94. The lowest BCUT2D eigenvalue weighted by molar-refractivity contribution is -0.117. The van der Waals surface area contributed by atoms with E-state index in [-0.39, 0.29) is 30.3 Å². The van der Waals surface area contributed by atoms with E-state index < -0.39 is 0 Å². The zero-order chi connectivity index (χ0) is 19.3. The van der Waals surface area contributed by atoms with Crippen LogP contribution in [0.2, 0.25) is 0 Å². The number of aromatic nitrogens is 3. The Labute approximate surface area is 161 Å². The maximum Gasteiger partial charge on any atom is 0.228 e. The lowest BCUT2D eigenvalue weighted by Crippen LogP contribution is -2.25. The first-order chi connectivity index (χ1) is 13.6. The van der Waals surface area contributed by atoms with Gasteiger partial charge in [0.05, 0.1) is 18.7 Å². The van der Waals surface area contributed by atoms with Crippen molar-refractivity contribution < 1.29 is 13.9 Å². The fourth-order valence-electron chi connectivity index (χ4n) is 4.08. The molecule has 144 valence electrons. The molecule has 2 aromatic heterocycles. The molecule has 1 aromatic carbocycles. The van der Waals surface area contributed by atoms with Crippen LogP contribution in [-0.4, -0.2) is 33.2 Å². The van der Waals surface area contributed by atoms with Gasteiger partial charge in [0.1, 0.15) is 29.2 Å². The van der Waals surface area contributed by atoms with Crippen LogP contribution >= 0.6 is 0 Å². The second-order valence-corrected chi connectivity index (χ2v) is 7.33. The van der Waals surface area contributed by atoms with E-state index in [1.165, 1.54) is 12.1 Å². The Bertz CT molecular complexity index is 1070. The van der Waals surface area contributed by atoms with Gasteiger partial charge < -0.3 is 15.0 Å². The van der Waals surface area contributed by atoms with Gasteiger partial charge in [-0.05, 0) is 44.0 Å². The maximum atomic E-state index is 14.1. The molecule has 4 heterocycles. The number of hydrogen-bond donors (Lipinski definition) is 1. The van der Waals surface area contributed by atoms with Crippen LogP contribution in [0.15, 0.2) is 36.7 Å². The third-order valence-corrected chi connectivity index (χ3v) is 5.31. The maximum absolute atomic E-state index is 14.1. The van der Waals surface area contributed by atoms with Crippen LogP contribution in [0, 0.1) is 5.82 Å². The van der Waals surface area contributed by atoms with E-state index in [4.69, 9.17) is 9.72 Å². The standard InChI is InChI=1S/C20H20FN5O2/c1-12-9-19(27)23-15-11-22-26-8-6-18(24-20(15)26)25-7-2-3-16(25)14-10-13(21)4-5-17(14)28-12/h4-6,8,10-12,16H,2-3,7,9H2,1H3,(H,23,27)/t12-,16-/m0/s1. The van der Waals surface area contributed by atoms with Gasteiger partial charge in [0, 0.05) is 18.3 Å². The predicted octanol–water partition coefficient (Wildman–Crippen LogP) is 3.32. The number of carbonyl (C=O) groups excluding carboxylic acids is 1. The van der Waals surface area contributed by atoms with E-state index in [1.54, 1.807) is 16.8 Å². The molecule has 2 atom stereocenters. The van der Waals surface area contributed by atoms with Gasteiger partial charge in [0.2, 0.25) is 5.91 Å². The van der Waals surface area contributed by atoms with Crippen molar-refractivity contribution in [3.8, 4) is 5.75 Å². The summed E-state index contributed by atoms with van der Waals surface area (Å²) in [4.78, 5) is 19.4. The van der Waals surface area contributed by atoms with E-state index in [9.17, 15) is 9.18 Å². The van der Waals surface area contributed by atoms with Gasteiger partial charge >= 0.3 is 0 Å². The molecule has 1 saturated heterocycles. The number of fused-ring (bicyclic) bond motifs is 5. The first kappa shape index (κ1) is 17.0. The number of hydrogen-bond acceptors (Lipinski definition) is 5. The molecule has 2 bridgehead atoms. The first-order valence-electron chi connectivity index (χ1n) is 9.45. The fourth-order valence-corrected chi connectivity index (χ4v) is 4.08. The van der Waals surface area contributed by atoms with Crippen LogP contribution in [0.3, 0.4) is 0 Å². The highest BCUT2D eigenvalue weighted by Crippen LogP contribution is 2.40. The summed E-state index contributed by atoms with van der Waals surface area (Å²) in [5.74, 6) is 0.902. The highest BCUT2D eigenvalue weighted by Gasteiger charge is 2.31. The molecule has 0 unspecified atom stereocenters. The first-order valence-corrected chi connectivity index (χ1v) is 9.45. The van der Waals surface area contributed by atoms with Crippen LogP contribution in [0.4, 0.5) is 15.9 Å². The largest absolute Gasteiger partial charge is 0.490 e. The van der Waals surface area contributed by atoms with E-state index >= 15 is 0 Å². The van der Waals surface area contributed by atoms with Crippen molar-refractivity contribution in [1.82, 2.24) is 14.6 Å². The molecule has 0 spiro atoms. The molecule has 1 amide bonds. The van der Waals surface area contributed by atoms with E-state index in [0.29, 0.717) is 17.1 Å². The summed E-state index contributed by atoms with van der Waals surface area (Å²) in [6, 6.07) is 6.44. The summed E-state index contributed by atoms with van der Waals surface area (Å²) in [6.07, 6.45) is 5.09. The smallest absolute Gasteiger partial charge is 0.228 e. The van der Waals surface area contributed by atoms with Gasteiger partial charge in [0.15, 0.2) is 5.65 Å². The summed E-state index contributed by atoms with van der Waals surface area (Å²) in [5.41, 5.74) is 1.95. The van der Waals surface area contributed by atoms with Gasteiger partial charge in [-0.3, -0.25) is 4.79 Å². The lowest BCUT2D eigenvalue weighted by Gasteiger charge is -2.28. The van der Waals surface area contributed by atoms with Crippen LogP contribution in [-0.2, 0) is 4.79 Å². The molecule has 28 heavy (non-hydrogen) atoms. The van der Waals surface area contributed by atoms with Crippen LogP contribution in [0.1, 0.15) is 37.8 Å². The quantitative estimate of drug-likeness (QED) is 0.647. The molecule has 0 saturated carbocycles. The third kappa shape index (κ3) is 2.85. The number of carbonyl (C=O) groups is 1. The second kappa shape index (κ2) is 6.47. The van der Waals surface area contributed by atoms with E-state index in [2.05, 4.69) is 15.3 Å². The molecule has 8 heteroatoms. The summed E-state index contributed by atoms with van der Waals surface area (Å²) >= 11 is 0. The average Bonchev–Trinajstić information content (AvgIpc) is 3.29. The van der Waals surface area contributed by atoms with Crippen molar-refractivity contribution >= 4 is 23.1 Å². The molecular formula is C20H20FN5O2. The Morgan fingerprint density at radius 3 is 3.11 bits per heavy atom. The summed E-state index contributed by atoms with van der Waals surface area (Å²) in [5, 5.41) is 7.13. The summed E-state index contributed by atoms with van der Waals surface area (Å²) < 4.78 is 21.8. The number of amides is 1. The van der Waals surface area contributed by atoms with Gasteiger partial charge in [0.25, 0.3) is 0 Å². The molecule has 2 aliphatic rings. The van der Waals surface area contributed by atoms with Crippen LogP contribution in [0.25, 0.3) is 5.65 Å². The Kier molecular flexibility index (Phi) is 3.92. The van der Waals surface area contributed by atoms with Crippen molar-refractivity contribution in [2.45, 2.75) is 38.3 Å². The number of rotatable bonds is 0. The SMILES string of the molecule is C[C@H]1CC(=O)Nc2cnn3ccc(nc23)N2CCC[C@H]2c2cc(F)ccc2O1. The molecule has 3 aromatic rings. The summed E-state index contributed by atoms with van der Waals surface area (Å²) in [7, 11) is 0. The van der Waals surface area contributed by atoms with E-state index in [0.717, 1.165) is 30.8 Å². The van der Waals surface area contributed by atoms with Gasteiger partial charge in [-0.2, -0.15) is 5.10 Å².